The standard InChI is InChI=1S/C9H16ClN3/c1-3-7-9(10)8(5-4-6-11)13(2)12-7/h3-6,11H2,1-2H3. The molecule has 3 nitrogen and oxygen atoms in total. The van der Waals surface area contributed by atoms with Crippen LogP contribution in [-0.4, -0.2) is 16.3 Å². The SMILES string of the molecule is CCc1nn(C)c(CCCN)c1Cl. The van der Waals surface area contributed by atoms with E-state index in [0.29, 0.717) is 6.54 Å². The zero-order valence-corrected chi connectivity index (χ0v) is 8.93. The molecule has 0 aromatic carbocycles. The first kappa shape index (κ1) is 10.5. The van der Waals surface area contributed by atoms with Crippen molar-refractivity contribution in [1.82, 2.24) is 9.78 Å². The van der Waals surface area contributed by atoms with Gasteiger partial charge in [0.2, 0.25) is 0 Å². The molecule has 0 bridgehead atoms. The van der Waals surface area contributed by atoms with Gasteiger partial charge in [-0.25, -0.2) is 0 Å². The Hall–Kier alpha value is -0.540. The molecule has 0 radical (unpaired) electrons. The monoisotopic (exact) mass is 201 g/mol. The third-order valence-electron chi connectivity index (χ3n) is 2.12. The van der Waals surface area contributed by atoms with Crippen LogP contribution in [-0.2, 0) is 19.9 Å². The summed E-state index contributed by atoms with van der Waals surface area (Å²) in [5.74, 6) is 0. The topological polar surface area (TPSA) is 43.8 Å². The molecule has 74 valence electrons. The molecule has 1 heterocycles. The van der Waals surface area contributed by atoms with Gasteiger partial charge in [-0.15, -0.1) is 0 Å². The van der Waals surface area contributed by atoms with Crippen LogP contribution < -0.4 is 5.73 Å². The molecule has 0 fully saturated rings. The van der Waals surface area contributed by atoms with Crippen LogP contribution in [0.3, 0.4) is 0 Å². The van der Waals surface area contributed by atoms with Crippen molar-refractivity contribution in [2.75, 3.05) is 6.54 Å². The Bertz CT molecular complexity index is 281. The van der Waals surface area contributed by atoms with Gasteiger partial charge in [0.1, 0.15) is 0 Å². The lowest BCUT2D eigenvalue weighted by atomic mass is 10.2. The van der Waals surface area contributed by atoms with Crippen LogP contribution >= 0.6 is 11.6 Å². The summed E-state index contributed by atoms with van der Waals surface area (Å²) in [7, 11) is 1.93. The highest BCUT2D eigenvalue weighted by Gasteiger charge is 2.11. The van der Waals surface area contributed by atoms with Gasteiger partial charge < -0.3 is 5.73 Å². The maximum Gasteiger partial charge on any atom is 0.0849 e. The van der Waals surface area contributed by atoms with Gasteiger partial charge in [-0.05, 0) is 25.8 Å². The summed E-state index contributed by atoms with van der Waals surface area (Å²) in [6, 6.07) is 0. The first-order valence-electron chi connectivity index (χ1n) is 4.61. The number of nitrogens with two attached hydrogens (primary N) is 1. The molecule has 13 heavy (non-hydrogen) atoms. The summed E-state index contributed by atoms with van der Waals surface area (Å²) in [4.78, 5) is 0. The van der Waals surface area contributed by atoms with E-state index in [1.54, 1.807) is 0 Å². The molecule has 2 N–H and O–H groups in total. The molecule has 1 aromatic heterocycles. The van der Waals surface area contributed by atoms with E-state index in [9.17, 15) is 0 Å². The fraction of sp³-hybridized carbons (Fsp3) is 0.667. The van der Waals surface area contributed by atoms with Gasteiger partial charge in [0, 0.05) is 7.05 Å². The molecule has 0 aliphatic carbocycles. The van der Waals surface area contributed by atoms with Gasteiger partial charge in [-0.1, -0.05) is 18.5 Å². The van der Waals surface area contributed by atoms with Crippen molar-refractivity contribution in [3.8, 4) is 0 Å². The number of aromatic nitrogens is 2. The number of aryl methyl sites for hydroxylation is 2. The van der Waals surface area contributed by atoms with E-state index in [0.717, 1.165) is 35.7 Å². The molecule has 0 amide bonds. The molecule has 0 spiro atoms. The summed E-state index contributed by atoms with van der Waals surface area (Å²) < 4.78 is 1.86. The first-order valence-corrected chi connectivity index (χ1v) is 4.98. The lowest BCUT2D eigenvalue weighted by Crippen LogP contribution is -2.04. The summed E-state index contributed by atoms with van der Waals surface area (Å²) in [5, 5.41) is 5.14. The normalized spacial score (nSPS) is 10.8. The van der Waals surface area contributed by atoms with Crippen LogP contribution in [0.5, 0.6) is 0 Å². The highest BCUT2D eigenvalue weighted by atomic mass is 35.5. The maximum absolute atomic E-state index is 6.14. The Labute approximate surface area is 83.9 Å². The van der Waals surface area contributed by atoms with Crippen molar-refractivity contribution in [2.45, 2.75) is 26.2 Å². The van der Waals surface area contributed by atoms with Crippen molar-refractivity contribution in [3.05, 3.63) is 16.4 Å². The van der Waals surface area contributed by atoms with Crippen molar-refractivity contribution >= 4 is 11.6 Å². The number of hydrogen-bond donors (Lipinski definition) is 1. The van der Waals surface area contributed by atoms with Gasteiger partial charge in [-0.2, -0.15) is 5.10 Å². The zero-order chi connectivity index (χ0) is 9.84. The third-order valence-corrected chi connectivity index (χ3v) is 2.56. The minimum Gasteiger partial charge on any atom is -0.330 e. The van der Waals surface area contributed by atoms with Crippen molar-refractivity contribution in [2.24, 2.45) is 12.8 Å². The second-order valence-corrected chi connectivity index (χ2v) is 3.45. The Morgan fingerprint density at radius 2 is 2.23 bits per heavy atom. The summed E-state index contributed by atoms with van der Waals surface area (Å²) in [5.41, 5.74) is 7.53. The lowest BCUT2D eigenvalue weighted by Gasteiger charge is -2.00. The number of rotatable bonds is 4. The van der Waals surface area contributed by atoms with E-state index in [2.05, 4.69) is 12.0 Å². The molecule has 0 aliphatic heterocycles. The average molecular weight is 202 g/mol. The molecule has 0 saturated heterocycles. The molecule has 1 aromatic rings. The largest absolute Gasteiger partial charge is 0.330 e. The molecule has 0 saturated carbocycles. The number of halogens is 1. The lowest BCUT2D eigenvalue weighted by molar-refractivity contribution is 0.678. The van der Waals surface area contributed by atoms with Crippen LogP contribution in [0.15, 0.2) is 0 Å². The molecular weight excluding hydrogens is 186 g/mol. The third kappa shape index (κ3) is 2.23. The smallest absolute Gasteiger partial charge is 0.0849 e. The second kappa shape index (κ2) is 4.63. The minimum atomic E-state index is 0.697. The van der Waals surface area contributed by atoms with Gasteiger partial charge in [0.25, 0.3) is 0 Å². The van der Waals surface area contributed by atoms with Gasteiger partial charge in [-0.3, -0.25) is 4.68 Å². The molecule has 0 aliphatic rings. The van der Waals surface area contributed by atoms with Crippen LogP contribution in [0.4, 0.5) is 0 Å². The van der Waals surface area contributed by atoms with Gasteiger partial charge in [0.15, 0.2) is 0 Å². The van der Waals surface area contributed by atoms with Crippen LogP contribution in [0.1, 0.15) is 24.7 Å². The Morgan fingerprint density at radius 1 is 1.54 bits per heavy atom. The summed E-state index contributed by atoms with van der Waals surface area (Å²) >= 11 is 6.14. The van der Waals surface area contributed by atoms with E-state index >= 15 is 0 Å². The fourth-order valence-electron chi connectivity index (χ4n) is 1.36. The highest BCUT2D eigenvalue weighted by molar-refractivity contribution is 6.31. The fourth-order valence-corrected chi connectivity index (χ4v) is 1.75. The van der Waals surface area contributed by atoms with E-state index in [-0.39, 0.29) is 0 Å². The predicted octanol–water partition coefficient (Wildman–Crippen LogP) is 1.53. The summed E-state index contributed by atoms with van der Waals surface area (Å²) in [6.07, 6.45) is 2.76. The van der Waals surface area contributed by atoms with E-state index in [4.69, 9.17) is 17.3 Å². The molecule has 1 rings (SSSR count). The summed E-state index contributed by atoms with van der Waals surface area (Å²) in [6.45, 7) is 2.75. The average Bonchev–Trinajstić information content (AvgIpc) is 2.39. The molecule has 0 unspecified atom stereocenters. The highest BCUT2D eigenvalue weighted by Crippen LogP contribution is 2.21. The van der Waals surface area contributed by atoms with Crippen LogP contribution in [0, 0.1) is 0 Å². The van der Waals surface area contributed by atoms with Crippen LogP contribution in [0.25, 0.3) is 0 Å². The Kier molecular flexibility index (Phi) is 3.75. The van der Waals surface area contributed by atoms with E-state index < -0.39 is 0 Å². The zero-order valence-electron chi connectivity index (χ0n) is 8.18. The number of hydrogen-bond acceptors (Lipinski definition) is 2. The predicted molar refractivity (Wildman–Crippen MR) is 55.0 cm³/mol. The molecular formula is C9H16ClN3. The van der Waals surface area contributed by atoms with E-state index in [1.807, 2.05) is 11.7 Å². The van der Waals surface area contributed by atoms with Crippen molar-refractivity contribution in [3.63, 3.8) is 0 Å². The second-order valence-electron chi connectivity index (χ2n) is 3.08. The molecule has 4 heteroatoms. The number of nitrogens with zero attached hydrogens (tertiary/aromatic N) is 2. The van der Waals surface area contributed by atoms with Crippen LogP contribution in [0.2, 0.25) is 5.02 Å². The van der Waals surface area contributed by atoms with Crippen molar-refractivity contribution < 1.29 is 0 Å². The molecule has 0 atom stereocenters. The van der Waals surface area contributed by atoms with Gasteiger partial charge >= 0.3 is 0 Å². The first-order chi connectivity index (χ1) is 6.20. The Morgan fingerprint density at radius 3 is 2.69 bits per heavy atom. The van der Waals surface area contributed by atoms with E-state index in [1.165, 1.54) is 0 Å². The maximum atomic E-state index is 6.14. The van der Waals surface area contributed by atoms with Crippen molar-refractivity contribution in [1.29, 1.82) is 0 Å². The van der Waals surface area contributed by atoms with Gasteiger partial charge in [0.05, 0.1) is 16.4 Å². The quantitative estimate of drug-likeness (QED) is 0.803. The minimum absolute atomic E-state index is 0.697. The Balaban J connectivity index is 2.85.